The highest BCUT2D eigenvalue weighted by atomic mass is 32.2. The first kappa shape index (κ1) is 13.1. The van der Waals surface area contributed by atoms with Gasteiger partial charge in [0.15, 0.2) is 0 Å². The molecule has 2 heteroatoms. The van der Waals surface area contributed by atoms with Crippen molar-refractivity contribution in [3.63, 3.8) is 0 Å². The maximum Gasteiger partial charge on any atom is 0.0112 e. The van der Waals surface area contributed by atoms with Gasteiger partial charge in [-0.3, -0.25) is 0 Å². The van der Waals surface area contributed by atoms with Crippen molar-refractivity contribution in [3.8, 4) is 0 Å². The molecule has 1 atom stereocenters. The van der Waals surface area contributed by atoms with E-state index in [2.05, 4.69) is 32.0 Å². The third-order valence-electron chi connectivity index (χ3n) is 2.20. The minimum Gasteiger partial charge on any atom is -0.314 e. The summed E-state index contributed by atoms with van der Waals surface area (Å²) in [6.45, 7) is 9.47. The summed E-state index contributed by atoms with van der Waals surface area (Å²) in [5.74, 6) is 1.24. The van der Waals surface area contributed by atoms with Gasteiger partial charge in [0.1, 0.15) is 0 Å². The van der Waals surface area contributed by atoms with Crippen LogP contribution >= 0.6 is 11.8 Å². The van der Waals surface area contributed by atoms with Crippen LogP contribution in [0.1, 0.15) is 33.1 Å². The maximum atomic E-state index is 4.06. The highest BCUT2D eigenvalue weighted by Gasteiger charge is 2.07. The average molecular weight is 201 g/mol. The molecule has 0 rings (SSSR count). The largest absolute Gasteiger partial charge is 0.314 e. The number of thioether (sulfide) groups is 1. The van der Waals surface area contributed by atoms with Crippen LogP contribution in [0.15, 0.2) is 12.2 Å². The van der Waals surface area contributed by atoms with E-state index >= 15 is 0 Å². The Hall–Kier alpha value is 0.0500. The molecule has 0 bridgehead atoms. The minimum absolute atomic E-state index is 0.643. The Kier molecular flexibility index (Phi) is 8.67. The second-order valence-corrected chi connectivity index (χ2v) is 4.33. The minimum atomic E-state index is 0.643. The van der Waals surface area contributed by atoms with Crippen LogP contribution < -0.4 is 5.32 Å². The molecule has 0 heterocycles. The fourth-order valence-corrected chi connectivity index (χ4v) is 1.84. The van der Waals surface area contributed by atoms with E-state index in [-0.39, 0.29) is 0 Å². The van der Waals surface area contributed by atoms with Crippen molar-refractivity contribution in [1.29, 1.82) is 0 Å². The van der Waals surface area contributed by atoms with Gasteiger partial charge in [0.2, 0.25) is 0 Å². The van der Waals surface area contributed by atoms with E-state index < -0.39 is 0 Å². The van der Waals surface area contributed by atoms with Gasteiger partial charge in [0.25, 0.3) is 0 Å². The van der Waals surface area contributed by atoms with Gasteiger partial charge in [-0.15, -0.1) is 0 Å². The molecule has 0 aliphatic carbocycles. The Balaban J connectivity index is 3.71. The molecular weight excluding hydrogens is 178 g/mol. The molecule has 0 aromatic rings. The van der Waals surface area contributed by atoms with Crippen molar-refractivity contribution in [2.45, 2.75) is 39.2 Å². The van der Waals surface area contributed by atoms with Gasteiger partial charge >= 0.3 is 0 Å². The predicted molar refractivity (Wildman–Crippen MR) is 64.5 cm³/mol. The summed E-state index contributed by atoms with van der Waals surface area (Å²) < 4.78 is 0. The van der Waals surface area contributed by atoms with Crippen LogP contribution in [0.3, 0.4) is 0 Å². The highest BCUT2D eigenvalue weighted by Crippen LogP contribution is 2.11. The summed E-state index contributed by atoms with van der Waals surface area (Å²) in [6, 6.07) is 0.643. The molecule has 0 aliphatic rings. The standard InChI is InChI=1S/C11H23NS/c1-5-10(3)9-11(12-6-2)7-8-13-4/h11-12H,3,5-9H2,1-2,4H3. The molecule has 13 heavy (non-hydrogen) atoms. The van der Waals surface area contributed by atoms with Gasteiger partial charge in [0, 0.05) is 6.04 Å². The molecule has 78 valence electrons. The molecule has 1 unspecified atom stereocenters. The van der Waals surface area contributed by atoms with Crippen molar-refractivity contribution >= 4 is 11.8 Å². The van der Waals surface area contributed by atoms with E-state index in [4.69, 9.17) is 0 Å². The Morgan fingerprint density at radius 1 is 1.46 bits per heavy atom. The summed E-state index contributed by atoms with van der Waals surface area (Å²) >= 11 is 1.92. The number of rotatable bonds is 8. The Bertz CT molecular complexity index is 134. The zero-order valence-corrected chi connectivity index (χ0v) is 10.0. The maximum absolute atomic E-state index is 4.06. The van der Waals surface area contributed by atoms with E-state index in [9.17, 15) is 0 Å². The molecule has 0 spiro atoms. The van der Waals surface area contributed by atoms with Crippen LogP contribution in [0.25, 0.3) is 0 Å². The van der Waals surface area contributed by atoms with Gasteiger partial charge in [-0.1, -0.05) is 26.0 Å². The summed E-state index contributed by atoms with van der Waals surface area (Å²) in [5.41, 5.74) is 1.37. The van der Waals surface area contributed by atoms with Crippen molar-refractivity contribution < 1.29 is 0 Å². The molecule has 0 amide bonds. The fraction of sp³-hybridized carbons (Fsp3) is 0.818. The van der Waals surface area contributed by atoms with Crippen molar-refractivity contribution in [1.82, 2.24) is 5.32 Å². The molecule has 1 nitrogen and oxygen atoms in total. The van der Waals surface area contributed by atoms with E-state index in [1.807, 2.05) is 11.8 Å². The van der Waals surface area contributed by atoms with Crippen molar-refractivity contribution in [3.05, 3.63) is 12.2 Å². The second kappa shape index (κ2) is 8.64. The van der Waals surface area contributed by atoms with Crippen LogP contribution in [0, 0.1) is 0 Å². The van der Waals surface area contributed by atoms with E-state index in [0.717, 1.165) is 19.4 Å². The molecule has 0 saturated carbocycles. The lowest BCUT2D eigenvalue weighted by Crippen LogP contribution is -2.29. The zero-order valence-electron chi connectivity index (χ0n) is 9.23. The smallest absolute Gasteiger partial charge is 0.0112 e. The van der Waals surface area contributed by atoms with Crippen LogP contribution in [-0.4, -0.2) is 24.6 Å². The van der Waals surface area contributed by atoms with Gasteiger partial charge in [-0.2, -0.15) is 11.8 Å². The molecule has 0 saturated heterocycles. The van der Waals surface area contributed by atoms with Crippen LogP contribution in [0.4, 0.5) is 0 Å². The molecule has 0 radical (unpaired) electrons. The van der Waals surface area contributed by atoms with Crippen LogP contribution in [0.5, 0.6) is 0 Å². The van der Waals surface area contributed by atoms with Gasteiger partial charge in [0.05, 0.1) is 0 Å². The number of nitrogens with one attached hydrogen (secondary N) is 1. The lowest BCUT2D eigenvalue weighted by molar-refractivity contribution is 0.508. The zero-order chi connectivity index (χ0) is 10.1. The van der Waals surface area contributed by atoms with Crippen LogP contribution in [-0.2, 0) is 0 Å². The molecule has 1 N–H and O–H groups in total. The summed E-state index contributed by atoms with van der Waals surface area (Å²) in [7, 11) is 0. The van der Waals surface area contributed by atoms with Crippen LogP contribution in [0.2, 0.25) is 0 Å². The van der Waals surface area contributed by atoms with Gasteiger partial charge in [-0.05, 0) is 37.8 Å². The van der Waals surface area contributed by atoms with Crippen molar-refractivity contribution in [2.24, 2.45) is 0 Å². The van der Waals surface area contributed by atoms with E-state index in [1.54, 1.807) is 0 Å². The fourth-order valence-electron chi connectivity index (χ4n) is 1.32. The summed E-state index contributed by atoms with van der Waals surface area (Å²) in [4.78, 5) is 0. The monoisotopic (exact) mass is 201 g/mol. The predicted octanol–water partition coefficient (Wildman–Crippen LogP) is 3.07. The highest BCUT2D eigenvalue weighted by molar-refractivity contribution is 7.98. The van der Waals surface area contributed by atoms with Gasteiger partial charge in [-0.25, -0.2) is 0 Å². The van der Waals surface area contributed by atoms with Crippen molar-refractivity contribution in [2.75, 3.05) is 18.6 Å². The first-order chi connectivity index (χ1) is 6.24. The SMILES string of the molecule is C=C(CC)CC(CCSC)NCC. The lowest BCUT2D eigenvalue weighted by Gasteiger charge is -2.18. The molecule has 0 aliphatic heterocycles. The lowest BCUT2D eigenvalue weighted by atomic mass is 10.0. The molecule has 0 fully saturated rings. The molecular formula is C11H23NS. The first-order valence-corrected chi connectivity index (χ1v) is 6.52. The first-order valence-electron chi connectivity index (χ1n) is 5.13. The Labute approximate surface area is 87.4 Å². The normalized spacial score (nSPS) is 12.8. The third kappa shape index (κ3) is 7.15. The van der Waals surface area contributed by atoms with E-state index in [0.29, 0.717) is 6.04 Å². The number of hydrogen-bond acceptors (Lipinski definition) is 2. The third-order valence-corrected chi connectivity index (χ3v) is 2.84. The quantitative estimate of drug-likeness (QED) is 0.606. The van der Waals surface area contributed by atoms with E-state index in [1.165, 1.54) is 17.7 Å². The topological polar surface area (TPSA) is 12.0 Å². The number of hydrogen-bond donors (Lipinski definition) is 1. The Morgan fingerprint density at radius 3 is 2.62 bits per heavy atom. The average Bonchev–Trinajstić information content (AvgIpc) is 2.14. The second-order valence-electron chi connectivity index (χ2n) is 3.34. The molecule has 0 aromatic carbocycles. The Morgan fingerprint density at radius 2 is 2.15 bits per heavy atom. The summed E-state index contributed by atoms with van der Waals surface area (Å²) in [5, 5.41) is 3.51. The van der Waals surface area contributed by atoms with Gasteiger partial charge < -0.3 is 5.32 Å². The summed E-state index contributed by atoms with van der Waals surface area (Å²) in [6.07, 6.45) is 5.68. The molecule has 0 aromatic heterocycles.